The monoisotopic (exact) mass is 463 g/mol. The van der Waals surface area contributed by atoms with Gasteiger partial charge < -0.3 is 4.74 Å². The van der Waals surface area contributed by atoms with Gasteiger partial charge in [0.05, 0.1) is 13.0 Å². The van der Waals surface area contributed by atoms with Crippen LogP contribution in [0.15, 0.2) is 22.7 Å². The topological polar surface area (TPSA) is 29.5 Å². The van der Waals surface area contributed by atoms with Gasteiger partial charge in [0.25, 0.3) is 0 Å². The Morgan fingerprint density at radius 2 is 2.19 bits per heavy atom. The second kappa shape index (κ2) is 6.16. The molecule has 2 aliphatic rings. The van der Waals surface area contributed by atoms with Crippen LogP contribution in [0.25, 0.3) is 0 Å². The van der Waals surface area contributed by atoms with Gasteiger partial charge in [-0.15, -0.1) is 0 Å². The fourth-order valence-electron chi connectivity index (χ4n) is 4.01. The summed E-state index contributed by atoms with van der Waals surface area (Å²) in [6.45, 7) is 0. The number of hydrogen-bond donors (Lipinski definition) is 0. The first kappa shape index (κ1) is 15.7. The number of ether oxygens (including phenoxy) is 1. The van der Waals surface area contributed by atoms with Crippen molar-refractivity contribution in [3.8, 4) is 0 Å². The van der Waals surface area contributed by atoms with E-state index in [1.807, 2.05) is 0 Å². The molecule has 5 heteroatoms. The van der Waals surface area contributed by atoms with Crippen molar-refractivity contribution >= 4 is 44.5 Å². The molecule has 0 amide bonds. The molecule has 114 valence electrons. The molecule has 21 heavy (non-hydrogen) atoms. The zero-order chi connectivity index (χ0) is 15.1. The highest BCUT2D eigenvalue weighted by Gasteiger charge is 2.49. The summed E-state index contributed by atoms with van der Waals surface area (Å²) in [7, 11) is 3.66. The number of fused-ring (bicyclic) bond motifs is 2. The highest BCUT2D eigenvalue weighted by Crippen LogP contribution is 2.47. The molecule has 0 spiro atoms. The third kappa shape index (κ3) is 2.77. The Morgan fingerprint density at radius 1 is 1.43 bits per heavy atom. The van der Waals surface area contributed by atoms with E-state index in [4.69, 9.17) is 4.74 Å². The van der Waals surface area contributed by atoms with Gasteiger partial charge in [-0.05, 0) is 82.5 Å². The standard InChI is InChI=1S/C16H19BrINO2/c1-19-10-4-6-14(19)15(16(20)21-2)11(8-10)9-3-5-12(17)13(18)7-9/h3,5,7,10-11,14-15H,4,6,8H2,1-2H3. The van der Waals surface area contributed by atoms with Gasteiger partial charge in [0, 0.05) is 26.0 Å². The maximum absolute atomic E-state index is 12.4. The second-order valence-electron chi connectivity index (χ2n) is 6.03. The smallest absolute Gasteiger partial charge is 0.310 e. The van der Waals surface area contributed by atoms with Gasteiger partial charge in [0.2, 0.25) is 0 Å². The zero-order valence-electron chi connectivity index (χ0n) is 12.2. The van der Waals surface area contributed by atoms with Crippen LogP contribution in [-0.2, 0) is 9.53 Å². The summed E-state index contributed by atoms with van der Waals surface area (Å²) in [4.78, 5) is 14.8. The maximum atomic E-state index is 12.4. The van der Waals surface area contributed by atoms with E-state index in [0.717, 1.165) is 17.3 Å². The molecule has 1 aromatic rings. The molecule has 3 rings (SSSR count). The van der Waals surface area contributed by atoms with Crippen LogP contribution in [0.5, 0.6) is 0 Å². The van der Waals surface area contributed by atoms with Crippen molar-refractivity contribution in [1.82, 2.24) is 4.90 Å². The van der Waals surface area contributed by atoms with Gasteiger partial charge >= 0.3 is 5.97 Å². The average Bonchev–Trinajstić information content (AvgIpc) is 2.72. The highest BCUT2D eigenvalue weighted by atomic mass is 127. The molecule has 4 atom stereocenters. The third-order valence-electron chi connectivity index (χ3n) is 5.11. The Labute approximate surface area is 147 Å². The fourth-order valence-corrected chi connectivity index (χ4v) is 4.80. The average molecular weight is 464 g/mol. The number of benzene rings is 1. The number of carbonyl (C=O) groups excluding carboxylic acids is 1. The Hall–Kier alpha value is -0.140. The molecular weight excluding hydrogens is 445 g/mol. The molecule has 4 unspecified atom stereocenters. The molecule has 2 heterocycles. The first-order valence-electron chi connectivity index (χ1n) is 7.27. The summed E-state index contributed by atoms with van der Waals surface area (Å²) in [5, 5.41) is 0. The van der Waals surface area contributed by atoms with E-state index in [-0.39, 0.29) is 17.8 Å². The Morgan fingerprint density at radius 3 is 2.86 bits per heavy atom. The normalized spacial score (nSPS) is 32.2. The number of rotatable bonds is 2. The molecule has 1 aromatic carbocycles. The van der Waals surface area contributed by atoms with E-state index in [9.17, 15) is 4.79 Å². The van der Waals surface area contributed by atoms with Crippen molar-refractivity contribution in [1.29, 1.82) is 0 Å². The Balaban J connectivity index is 1.98. The van der Waals surface area contributed by atoms with Crippen LogP contribution in [0.2, 0.25) is 0 Å². The molecule has 2 saturated heterocycles. The van der Waals surface area contributed by atoms with E-state index in [0.29, 0.717) is 12.1 Å². The van der Waals surface area contributed by atoms with Gasteiger partial charge in [-0.25, -0.2) is 0 Å². The molecule has 0 aromatic heterocycles. The minimum absolute atomic E-state index is 0.0456. The van der Waals surface area contributed by atoms with Crippen LogP contribution >= 0.6 is 38.5 Å². The number of esters is 1. The first-order chi connectivity index (χ1) is 10.0. The molecule has 0 aliphatic carbocycles. The predicted molar refractivity (Wildman–Crippen MR) is 94.3 cm³/mol. The van der Waals surface area contributed by atoms with Gasteiger partial charge in [-0.2, -0.15) is 0 Å². The van der Waals surface area contributed by atoms with Gasteiger partial charge in [0.15, 0.2) is 0 Å². The molecule has 0 saturated carbocycles. The largest absolute Gasteiger partial charge is 0.469 e. The molecule has 0 N–H and O–H groups in total. The summed E-state index contributed by atoms with van der Waals surface area (Å²) in [5.74, 6) is 0.165. The summed E-state index contributed by atoms with van der Waals surface area (Å²) in [5.41, 5.74) is 1.27. The number of hydrogen-bond acceptors (Lipinski definition) is 3. The van der Waals surface area contributed by atoms with E-state index in [1.165, 1.54) is 22.7 Å². The first-order valence-corrected chi connectivity index (χ1v) is 9.14. The minimum atomic E-state index is -0.0601. The molecule has 0 radical (unpaired) electrons. The summed E-state index contributed by atoms with van der Waals surface area (Å²) >= 11 is 5.89. The zero-order valence-corrected chi connectivity index (χ0v) is 15.9. The lowest BCUT2D eigenvalue weighted by atomic mass is 9.76. The van der Waals surface area contributed by atoms with E-state index < -0.39 is 0 Å². The number of methoxy groups -OCH3 is 1. The lowest BCUT2D eigenvalue weighted by Gasteiger charge is -2.41. The fraction of sp³-hybridized carbons (Fsp3) is 0.562. The van der Waals surface area contributed by atoms with Gasteiger partial charge in [-0.3, -0.25) is 9.69 Å². The molecule has 2 bridgehead atoms. The van der Waals surface area contributed by atoms with Crippen LogP contribution in [0.3, 0.4) is 0 Å². The van der Waals surface area contributed by atoms with E-state index in [2.05, 4.69) is 68.7 Å². The summed E-state index contributed by atoms with van der Waals surface area (Å²) in [6.07, 6.45) is 3.34. The number of halogens is 2. The number of nitrogens with zero attached hydrogens (tertiary/aromatic N) is 1. The summed E-state index contributed by atoms with van der Waals surface area (Å²) < 4.78 is 7.42. The van der Waals surface area contributed by atoms with Crippen molar-refractivity contribution in [3.05, 3.63) is 31.8 Å². The molecular formula is C16H19BrINO2. The Bertz CT molecular complexity index is 565. The number of carbonyl (C=O) groups is 1. The quantitative estimate of drug-likeness (QED) is 0.493. The maximum Gasteiger partial charge on any atom is 0.310 e. The SMILES string of the molecule is COC(=O)C1C(c2ccc(Br)c(I)c2)CC2CCC1N2C. The second-order valence-corrected chi connectivity index (χ2v) is 8.05. The van der Waals surface area contributed by atoms with Crippen LogP contribution in [0.4, 0.5) is 0 Å². The lowest BCUT2D eigenvalue weighted by Crippen LogP contribution is -2.49. The van der Waals surface area contributed by atoms with Crippen molar-refractivity contribution in [2.45, 2.75) is 37.3 Å². The van der Waals surface area contributed by atoms with Crippen LogP contribution in [-0.4, -0.2) is 37.1 Å². The van der Waals surface area contributed by atoms with Crippen LogP contribution < -0.4 is 0 Å². The molecule has 2 aliphatic heterocycles. The van der Waals surface area contributed by atoms with Crippen LogP contribution in [0, 0.1) is 9.49 Å². The van der Waals surface area contributed by atoms with Crippen molar-refractivity contribution in [2.24, 2.45) is 5.92 Å². The van der Waals surface area contributed by atoms with E-state index in [1.54, 1.807) is 0 Å². The van der Waals surface area contributed by atoms with Crippen molar-refractivity contribution in [2.75, 3.05) is 14.2 Å². The predicted octanol–water partition coefficient (Wildman–Crippen LogP) is 3.79. The molecule has 3 nitrogen and oxygen atoms in total. The van der Waals surface area contributed by atoms with Gasteiger partial charge in [-0.1, -0.05) is 6.07 Å². The van der Waals surface area contributed by atoms with E-state index >= 15 is 0 Å². The number of piperidine rings is 1. The van der Waals surface area contributed by atoms with Crippen molar-refractivity contribution in [3.63, 3.8) is 0 Å². The summed E-state index contributed by atoms with van der Waals surface area (Å²) in [6, 6.07) is 7.36. The Kier molecular flexibility index (Phi) is 4.62. The van der Waals surface area contributed by atoms with Crippen LogP contribution in [0.1, 0.15) is 30.7 Å². The highest BCUT2D eigenvalue weighted by molar-refractivity contribution is 14.1. The molecule has 2 fully saturated rings. The van der Waals surface area contributed by atoms with Crippen molar-refractivity contribution < 1.29 is 9.53 Å². The lowest BCUT2D eigenvalue weighted by molar-refractivity contribution is -0.150. The minimum Gasteiger partial charge on any atom is -0.469 e. The van der Waals surface area contributed by atoms with Gasteiger partial charge in [0.1, 0.15) is 0 Å². The third-order valence-corrected chi connectivity index (χ3v) is 7.44.